The van der Waals surface area contributed by atoms with E-state index >= 15 is 0 Å². The molecule has 0 radical (unpaired) electrons. The van der Waals surface area contributed by atoms with Gasteiger partial charge in [-0.2, -0.15) is 4.73 Å². The first-order chi connectivity index (χ1) is 8.43. The van der Waals surface area contributed by atoms with E-state index in [0.717, 1.165) is 9.16 Å². The van der Waals surface area contributed by atoms with Gasteiger partial charge in [-0.1, -0.05) is 0 Å². The van der Waals surface area contributed by atoms with E-state index in [2.05, 4.69) is 0 Å². The van der Waals surface area contributed by atoms with Gasteiger partial charge in [-0.3, -0.25) is 0 Å². The van der Waals surface area contributed by atoms with E-state index in [1.165, 1.54) is 24.3 Å². The minimum atomic E-state index is -0.366. The Labute approximate surface area is 104 Å². The van der Waals surface area contributed by atoms with Gasteiger partial charge in [0, 0.05) is 11.8 Å². The van der Waals surface area contributed by atoms with Gasteiger partial charge in [0.05, 0.1) is 9.99 Å². The normalized spacial score (nSPS) is 10.7. The molecule has 2 rings (SSSR count). The highest BCUT2D eigenvalue weighted by atomic mass is 19.1. The molecule has 1 N–H and O–H groups in total. The lowest BCUT2D eigenvalue weighted by Crippen LogP contribution is -2.28. The highest BCUT2D eigenvalue weighted by Gasteiger charge is 2.24. The van der Waals surface area contributed by atoms with Gasteiger partial charge in [0.1, 0.15) is 17.2 Å². The van der Waals surface area contributed by atoms with Gasteiger partial charge in [-0.25, -0.2) is 4.39 Å². The molecule has 4 nitrogen and oxygen atoms in total. The number of rotatable bonds is 1. The van der Waals surface area contributed by atoms with E-state index in [1.54, 1.807) is 20.8 Å². The molecule has 2 aromatic rings. The van der Waals surface area contributed by atoms with Gasteiger partial charge in [0.15, 0.2) is 0 Å². The second kappa shape index (κ2) is 4.25. The van der Waals surface area contributed by atoms with Gasteiger partial charge in [0.25, 0.3) is 11.4 Å². The summed E-state index contributed by atoms with van der Waals surface area (Å²) in [6.45, 7) is 4.92. The van der Waals surface area contributed by atoms with Crippen molar-refractivity contribution in [3.63, 3.8) is 0 Å². The van der Waals surface area contributed by atoms with Crippen LogP contribution in [-0.4, -0.2) is 9.94 Å². The first-order valence-corrected chi connectivity index (χ1v) is 5.54. The average molecular weight is 249 g/mol. The molecule has 0 aliphatic carbocycles. The molecule has 0 spiro atoms. The molecule has 0 aliphatic rings. The Kier molecular flexibility index (Phi) is 2.90. The molecule has 1 heterocycles. The van der Waals surface area contributed by atoms with Crippen LogP contribution in [0.4, 0.5) is 4.39 Å². The SMILES string of the molecule is Cc1c(C)[n+](=O)c(-c2ccc(F)cc2)c(C)n1O. The van der Waals surface area contributed by atoms with Gasteiger partial charge in [-0.15, -0.1) is 0 Å². The van der Waals surface area contributed by atoms with Crippen LogP contribution in [-0.2, 0) is 0 Å². The quantitative estimate of drug-likeness (QED) is 0.623. The van der Waals surface area contributed by atoms with Gasteiger partial charge >= 0.3 is 0 Å². The average Bonchev–Trinajstić information content (AvgIpc) is 2.36. The van der Waals surface area contributed by atoms with Crippen LogP contribution >= 0.6 is 0 Å². The zero-order chi connectivity index (χ0) is 13.4. The standard InChI is InChI=1S/C13H14FN2O2/c1-8-9(2)16(18)13(10(3)15(8)17)11-4-6-12(14)7-5-11/h4-7,17H,1-3H3/q+1. The maximum Gasteiger partial charge on any atom is 0.292 e. The Morgan fingerprint density at radius 3 is 2.22 bits per heavy atom. The van der Waals surface area contributed by atoms with Crippen LogP contribution in [0.1, 0.15) is 17.1 Å². The summed E-state index contributed by atoms with van der Waals surface area (Å²) < 4.78 is 14.6. The van der Waals surface area contributed by atoms with E-state index in [-0.39, 0.29) is 5.82 Å². The topological polar surface area (TPSA) is 48.1 Å². The first-order valence-electron chi connectivity index (χ1n) is 5.54. The second-order valence-corrected chi connectivity index (χ2v) is 4.22. The maximum absolute atomic E-state index is 12.9. The van der Waals surface area contributed by atoms with Crippen LogP contribution in [0.5, 0.6) is 0 Å². The molecule has 0 bridgehead atoms. The molecule has 0 unspecified atom stereocenters. The van der Waals surface area contributed by atoms with Crippen LogP contribution in [0, 0.1) is 31.5 Å². The third-order valence-corrected chi connectivity index (χ3v) is 3.13. The van der Waals surface area contributed by atoms with E-state index in [0.29, 0.717) is 28.3 Å². The van der Waals surface area contributed by atoms with Crippen molar-refractivity contribution < 1.29 is 14.0 Å². The van der Waals surface area contributed by atoms with Gasteiger partial charge < -0.3 is 5.21 Å². The van der Waals surface area contributed by atoms with Gasteiger partial charge in [-0.05, 0) is 38.1 Å². The molecule has 0 saturated carbocycles. The van der Waals surface area contributed by atoms with Crippen LogP contribution < -0.4 is 4.43 Å². The minimum Gasteiger partial charge on any atom is -0.428 e. The van der Waals surface area contributed by atoms with E-state index in [4.69, 9.17) is 0 Å². The van der Waals surface area contributed by atoms with E-state index in [9.17, 15) is 14.5 Å². The van der Waals surface area contributed by atoms with Crippen molar-refractivity contribution in [3.8, 4) is 11.3 Å². The van der Waals surface area contributed by atoms with Crippen molar-refractivity contribution in [3.05, 3.63) is 52.1 Å². The fraction of sp³-hybridized carbons (Fsp3) is 0.231. The monoisotopic (exact) mass is 249 g/mol. The third-order valence-electron chi connectivity index (χ3n) is 3.13. The van der Waals surface area contributed by atoms with Crippen molar-refractivity contribution >= 4 is 0 Å². The fourth-order valence-electron chi connectivity index (χ4n) is 1.90. The highest BCUT2D eigenvalue weighted by Crippen LogP contribution is 2.20. The van der Waals surface area contributed by atoms with Crippen LogP contribution in [0.15, 0.2) is 24.3 Å². The van der Waals surface area contributed by atoms with E-state index in [1.807, 2.05) is 0 Å². The Morgan fingerprint density at radius 1 is 1.11 bits per heavy atom. The summed E-state index contributed by atoms with van der Waals surface area (Å²) in [7, 11) is 0. The summed E-state index contributed by atoms with van der Waals surface area (Å²) in [6, 6.07) is 5.60. The minimum absolute atomic E-state index is 0.320. The lowest BCUT2D eigenvalue weighted by molar-refractivity contribution is -0.493. The molecule has 5 heteroatoms. The Morgan fingerprint density at radius 2 is 1.67 bits per heavy atom. The van der Waals surface area contributed by atoms with E-state index < -0.39 is 0 Å². The van der Waals surface area contributed by atoms with Crippen LogP contribution in [0.2, 0.25) is 0 Å². The molecular weight excluding hydrogens is 235 g/mol. The summed E-state index contributed by atoms with van der Waals surface area (Å²) in [4.78, 5) is 12.1. The third kappa shape index (κ3) is 1.77. The zero-order valence-corrected chi connectivity index (χ0v) is 10.4. The molecule has 0 aliphatic heterocycles. The number of halogens is 1. The van der Waals surface area contributed by atoms with Crippen LogP contribution in [0.25, 0.3) is 11.3 Å². The number of hydrogen-bond acceptors (Lipinski definition) is 2. The van der Waals surface area contributed by atoms with Crippen molar-refractivity contribution in [2.75, 3.05) is 0 Å². The fourth-order valence-corrected chi connectivity index (χ4v) is 1.90. The Bertz CT molecular complexity index is 660. The van der Waals surface area contributed by atoms with Crippen molar-refractivity contribution in [2.45, 2.75) is 20.8 Å². The smallest absolute Gasteiger partial charge is 0.292 e. The second-order valence-electron chi connectivity index (χ2n) is 4.22. The summed E-state index contributed by atoms with van der Waals surface area (Å²) in [5.41, 5.74) is 2.19. The first kappa shape index (κ1) is 12.3. The maximum atomic E-state index is 12.9. The summed E-state index contributed by atoms with van der Waals surface area (Å²) in [5, 5.41) is 9.90. The lowest BCUT2D eigenvalue weighted by atomic mass is 10.1. The Hall–Kier alpha value is -2.17. The molecular formula is C13H14FN2O2+. The molecule has 0 atom stereocenters. The predicted octanol–water partition coefficient (Wildman–Crippen LogP) is 2.37. The van der Waals surface area contributed by atoms with Gasteiger partial charge in [0.2, 0.25) is 0 Å². The zero-order valence-electron chi connectivity index (χ0n) is 10.4. The lowest BCUT2D eigenvalue weighted by Gasteiger charge is -2.07. The molecule has 0 amide bonds. The summed E-state index contributed by atoms with van der Waals surface area (Å²) in [5.74, 6) is -0.366. The molecule has 0 saturated heterocycles. The highest BCUT2D eigenvalue weighted by molar-refractivity contribution is 5.58. The molecule has 0 fully saturated rings. The summed E-state index contributed by atoms with van der Waals surface area (Å²) >= 11 is 0. The number of nitrogens with zero attached hydrogens (tertiary/aromatic N) is 2. The van der Waals surface area contributed by atoms with Crippen molar-refractivity contribution in [1.29, 1.82) is 0 Å². The number of hydrogen-bond donors (Lipinski definition) is 1. The van der Waals surface area contributed by atoms with Crippen molar-refractivity contribution in [1.82, 2.24) is 4.73 Å². The Balaban J connectivity index is 2.80. The predicted molar refractivity (Wildman–Crippen MR) is 64.6 cm³/mol. The van der Waals surface area contributed by atoms with Crippen molar-refractivity contribution in [2.24, 2.45) is 0 Å². The van der Waals surface area contributed by atoms with Crippen LogP contribution in [0.3, 0.4) is 0 Å². The molecule has 1 aromatic carbocycles. The summed E-state index contributed by atoms with van der Waals surface area (Å²) in [6.07, 6.45) is 0. The molecule has 1 aromatic heterocycles. The number of benzene rings is 1. The molecule has 94 valence electrons. The number of aromatic nitrogens is 2. The largest absolute Gasteiger partial charge is 0.428 e. The molecule has 18 heavy (non-hydrogen) atoms.